The Morgan fingerprint density at radius 3 is 2.81 bits per heavy atom. The Morgan fingerprint density at radius 1 is 1.52 bits per heavy atom. The molecule has 8 heteroatoms. The Labute approximate surface area is 121 Å². The Morgan fingerprint density at radius 2 is 2.24 bits per heavy atom. The van der Waals surface area contributed by atoms with Crippen LogP contribution < -0.4 is 0 Å². The van der Waals surface area contributed by atoms with Gasteiger partial charge in [-0.1, -0.05) is 0 Å². The summed E-state index contributed by atoms with van der Waals surface area (Å²) in [6.45, 7) is 3.13. The fourth-order valence-electron chi connectivity index (χ4n) is 2.63. The van der Waals surface area contributed by atoms with Crippen molar-refractivity contribution in [3.63, 3.8) is 0 Å². The van der Waals surface area contributed by atoms with Crippen molar-refractivity contribution >= 4 is 17.6 Å². The maximum atomic E-state index is 12.4. The highest BCUT2D eigenvalue weighted by Gasteiger charge is 2.30. The second kappa shape index (κ2) is 5.94. The van der Waals surface area contributed by atoms with E-state index in [1.807, 2.05) is 0 Å². The van der Waals surface area contributed by atoms with Gasteiger partial charge in [-0.2, -0.15) is 0 Å². The summed E-state index contributed by atoms with van der Waals surface area (Å²) in [5, 5.41) is 19.6. The van der Waals surface area contributed by atoms with Gasteiger partial charge in [0, 0.05) is 32.1 Å². The molecule has 2 heterocycles. The van der Waals surface area contributed by atoms with E-state index in [-0.39, 0.29) is 29.6 Å². The molecule has 0 aliphatic carbocycles. The van der Waals surface area contributed by atoms with Gasteiger partial charge in [0.05, 0.1) is 11.1 Å². The van der Waals surface area contributed by atoms with Gasteiger partial charge in [-0.15, -0.1) is 0 Å². The summed E-state index contributed by atoms with van der Waals surface area (Å²) in [4.78, 5) is 35.0. The number of hydrogen-bond donors (Lipinski definition) is 1. The van der Waals surface area contributed by atoms with Gasteiger partial charge in [-0.25, -0.2) is 0 Å². The van der Waals surface area contributed by atoms with E-state index in [2.05, 4.69) is 0 Å². The Bertz CT molecular complexity index is 580. The molecular formula is C13H17N3O5. The van der Waals surface area contributed by atoms with E-state index < -0.39 is 10.9 Å². The van der Waals surface area contributed by atoms with Gasteiger partial charge in [-0.05, 0) is 19.3 Å². The van der Waals surface area contributed by atoms with Crippen molar-refractivity contribution < 1.29 is 19.6 Å². The first-order valence-corrected chi connectivity index (χ1v) is 6.78. The zero-order valence-corrected chi connectivity index (χ0v) is 11.7. The van der Waals surface area contributed by atoms with Crippen molar-refractivity contribution in [2.45, 2.75) is 26.3 Å². The molecule has 114 valence electrons. The molecule has 0 spiro atoms. The molecule has 0 aromatic carbocycles. The highest BCUT2D eigenvalue weighted by Crippen LogP contribution is 2.24. The van der Waals surface area contributed by atoms with Crippen LogP contribution in [0.5, 0.6) is 0 Å². The van der Waals surface area contributed by atoms with E-state index in [1.54, 1.807) is 16.4 Å². The molecule has 1 atom stereocenters. The molecule has 0 bridgehead atoms. The second-order valence-electron chi connectivity index (χ2n) is 5.13. The number of rotatable bonds is 5. The smallest absolute Gasteiger partial charge is 0.303 e. The lowest BCUT2D eigenvalue weighted by Gasteiger charge is -2.17. The van der Waals surface area contributed by atoms with Crippen LogP contribution in [-0.4, -0.2) is 44.5 Å². The largest absolute Gasteiger partial charge is 0.481 e. The van der Waals surface area contributed by atoms with Gasteiger partial charge in [-0.3, -0.25) is 19.7 Å². The van der Waals surface area contributed by atoms with Gasteiger partial charge in [0.25, 0.3) is 11.6 Å². The molecule has 21 heavy (non-hydrogen) atoms. The number of carboxylic acids is 1. The number of carbonyl (C=O) groups is 2. The minimum atomic E-state index is -0.873. The minimum Gasteiger partial charge on any atom is -0.481 e. The molecule has 1 aromatic rings. The zero-order valence-electron chi connectivity index (χ0n) is 11.7. The molecule has 8 nitrogen and oxygen atoms in total. The van der Waals surface area contributed by atoms with Crippen molar-refractivity contribution in [1.82, 2.24) is 9.47 Å². The average molecular weight is 295 g/mol. The first-order valence-electron chi connectivity index (χ1n) is 6.78. The van der Waals surface area contributed by atoms with Crippen LogP contribution in [0.3, 0.4) is 0 Å². The molecule has 1 amide bonds. The van der Waals surface area contributed by atoms with E-state index in [4.69, 9.17) is 5.11 Å². The number of likely N-dealkylation sites (tertiary alicyclic amines) is 1. The quantitative estimate of drug-likeness (QED) is 0.652. The maximum Gasteiger partial charge on any atom is 0.303 e. The van der Waals surface area contributed by atoms with Crippen LogP contribution in [0.25, 0.3) is 0 Å². The summed E-state index contributed by atoms with van der Waals surface area (Å²) >= 11 is 0. The fourth-order valence-corrected chi connectivity index (χ4v) is 2.63. The molecule has 0 radical (unpaired) electrons. The Hall–Kier alpha value is -2.38. The molecule has 1 aliphatic rings. The van der Waals surface area contributed by atoms with E-state index in [1.165, 1.54) is 12.3 Å². The van der Waals surface area contributed by atoms with Gasteiger partial charge in [0.15, 0.2) is 0 Å². The zero-order chi connectivity index (χ0) is 15.6. The monoisotopic (exact) mass is 295 g/mol. The number of nitrogens with zero attached hydrogens (tertiary/aromatic N) is 3. The molecular weight excluding hydrogens is 278 g/mol. The summed E-state index contributed by atoms with van der Waals surface area (Å²) in [5.74, 6) is -1.20. The van der Waals surface area contributed by atoms with Crippen molar-refractivity contribution in [2.75, 3.05) is 13.1 Å². The van der Waals surface area contributed by atoms with Crippen LogP contribution in [0, 0.1) is 16.0 Å². The number of hydrogen-bond acceptors (Lipinski definition) is 4. The summed E-state index contributed by atoms with van der Waals surface area (Å²) in [6.07, 6.45) is 2.03. The van der Waals surface area contributed by atoms with Gasteiger partial charge < -0.3 is 14.6 Å². The lowest BCUT2D eigenvalue weighted by atomic mass is 10.1. The first kappa shape index (κ1) is 15.0. The molecule has 1 saturated heterocycles. The Kier molecular flexibility index (Phi) is 4.25. The van der Waals surface area contributed by atoms with Gasteiger partial charge >= 0.3 is 5.97 Å². The summed E-state index contributed by atoms with van der Waals surface area (Å²) in [5.41, 5.74) is 0.168. The van der Waals surface area contributed by atoms with Crippen LogP contribution >= 0.6 is 0 Å². The molecule has 1 N–H and O–H groups in total. The molecule has 2 rings (SSSR count). The van der Waals surface area contributed by atoms with Crippen LogP contribution in [0.4, 0.5) is 5.69 Å². The molecule has 1 unspecified atom stereocenters. The SMILES string of the molecule is CCn1cc([N+](=O)[O-])cc1C(=O)N1CCC(CC(=O)O)C1. The molecule has 1 aromatic heterocycles. The third-order valence-electron chi connectivity index (χ3n) is 3.69. The van der Waals surface area contributed by atoms with E-state index in [9.17, 15) is 19.7 Å². The number of carbonyl (C=O) groups excluding carboxylic acids is 1. The predicted octanol–water partition coefficient (Wildman–Crippen LogP) is 1.35. The summed E-state index contributed by atoms with van der Waals surface area (Å²) in [6, 6.07) is 1.27. The van der Waals surface area contributed by atoms with Crippen LogP contribution in [0.15, 0.2) is 12.3 Å². The molecule has 1 fully saturated rings. The number of amides is 1. The summed E-state index contributed by atoms with van der Waals surface area (Å²) < 4.78 is 1.55. The minimum absolute atomic E-state index is 0.0404. The van der Waals surface area contributed by atoms with Crippen LogP contribution in [0.1, 0.15) is 30.3 Å². The van der Waals surface area contributed by atoms with Crippen molar-refractivity contribution in [3.8, 4) is 0 Å². The first-order chi connectivity index (χ1) is 9.92. The number of nitro groups is 1. The number of aromatic nitrogens is 1. The van der Waals surface area contributed by atoms with Gasteiger partial charge in [0.2, 0.25) is 0 Å². The fraction of sp³-hybridized carbons (Fsp3) is 0.538. The third-order valence-corrected chi connectivity index (χ3v) is 3.69. The maximum absolute atomic E-state index is 12.4. The normalized spacial score (nSPS) is 18.0. The van der Waals surface area contributed by atoms with Crippen molar-refractivity contribution in [3.05, 3.63) is 28.1 Å². The highest BCUT2D eigenvalue weighted by molar-refractivity contribution is 5.93. The van der Waals surface area contributed by atoms with E-state index in [0.29, 0.717) is 26.1 Å². The van der Waals surface area contributed by atoms with Crippen molar-refractivity contribution in [1.29, 1.82) is 0 Å². The third kappa shape index (κ3) is 3.21. The molecule has 1 aliphatic heterocycles. The Balaban J connectivity index is 2.13. The highest BCUT2D eigenvalue weighted by atomic mass is 16.6. The van der Waals surface area contributed by atoms with Gasteiger partial charge in [0.1, 0.15) is 5.69 Å². The van der Waals surface area contributed by atoms with Crippen molar-refractivity contribution in [2.24, 2.45) is 5.92 Å². The van der Waals surface area contributed by atoms with Crippen LogP contribution in [0.2, 0.25) is 0 Å². The topological polar surface area (TPSA) is 106 Å². The van der Waals surface area contributed by atoms with E-state index >= 15 is 0 Å². The average Bonchev–Trinajstić information content (AvgIpc) is 3.03. The van der Waals surface area contributed by atoms with E-state index in [0.717, 1.165) is 0 Å². The predicted molar refractivity (Wildman–Crippen MR) is 73.0 cm³/mol. The second-order valence-corrected chi connectivity index (χ2v) is 5.13. The number of carboxylic acid groups (broad SMARTS) is 1. The van der Waals surface area contributed by atoms with Crippen LogP contribution in [-0.2, 0) is 11.3 Å². The lowest BCUT2D eigenvalue weighted by Crippen LogP contribution is -2.30. The summed E-state index contributed by atoms with van der Waals surface area (Å²) in [7, 11) is 0. The standard InChI is InChI=1S/C13H17N3O5/c1-2-14-8-10(16(20)21)6-11(14)13(19)15-4-3-9(7-15)5-12(17)18/h6,8-9H,2-5,7H2,1H3,(H,17,18). The molecule has 0 saturated carbocycles. The number of aliphatic carboxylic acids is 1. The number of aryl methyl sites for hydroxylation is 1. The lowest BCUT2D eigenvalue weighted by molar-refractivity contribution is -0.384.